The van der Waals surface area contributed by atoms with Gasteiger partial charge >= 0.3 is 5.97 Å². The summed E-state index contributed by atoms with van der Waals surface area (Å²) < 4.78 is 82.9. The molecule has 2 aromatic rings. The number of aromatic nitrogens is 3. The summed E-state index contributed by atoms with van der Waals surface area (Å²) in [5.41, 5.74) is -2.33. The van der Waals surface area contributed by atoms with Gasteiger partial charge in [-0.05, 0) is 110 Å². The van der Waals surface area contributed by atoms with E-state index >= 15 is 0 Å². The van der Waals surface area contributed by atoms with Crippen molar-refractivity contribution in [2.45, 2.75) is 223 Å². The van der Waals surface area contributed by atoms with Crippen LogP contribution in [0, 0.1) is 29.1 Å². The van der Waals surface area contributed by atoms with Crippen LogP contribution in [-0.2, 0) is 49.7 Å². The molecule has 0 amide bonds. The Morgan fingerprint density at radius 2 is 1.64 bits per heavy atom. The third-order valence-corrected chi connectivity index (χ3v) is 19.1. The lowest BCUT2D eigenvalue weighted by Crippen LogP contribution is -2.62. The Kier molecular flexibility index (Phi) is 20.8. The van der Waals surface area contributed by atoms with Crippen molar-refractivity contribution in [2.75, 3.05) is 48.1 Å². The second-order valence-electron chi connectivity index (χ2n) is 24.1. The van der Waals surface area contributed by atoms with Gasteiger partial charge in [-0.25, -0.2) is 22.2 Å². The van der Waals surface area contributed by atoms with Gasteiger partial charge in [0.2, 0.25) is 10.0 Å². The number of aliphatic hydroxyl groups is 4. The Morgan fingerprint density at radius 1 is 0.987 bits per heavy atom. The number of halogens is 1. The van der Waals surface area contributed by atoms with E-state index < -0.39 is 130 Å². The Labute approximate surface area is 451 Å². The lowest BCUT2D eigenvalue weighted by Gasteiger charge is -2.51. The molecule has 1 aromatic carbocycles. The molecule has 76 heavy (non-hydrogen) atoms. The number of benzene rings is 1. The molecular weight excluding hydrogens is 1000 g/mol. The number of esters is 1. The summed E-state index contributed by atoms with van der Waals surface area (Å²) in [6.07, 6.45) is -3.57. The highest BCUT2D eigenvalue weighted by Gasteiger charge is 2.55. The van der Waals surface area contributed by atoms with Crippen LogP contribution in [0.1, 0.15) is 138 Å². The van der Waals surface area contributed by atoms with Crippen molar-refractivity contribution < 1.29 is 66.5 Å². The first kappa shape index (κ1) is 62.4. The summed E-state index contributed by atoms with van der Waals surface area (Å²) in [6.45, 7) is 20.8. The van der Waals surface area contributed by atoms with E-state index in [9.17, 15) is 38.0 Å². The molecule has 1 saturated carbocycles. The van der Waals surface area contributed by atoms with E-state index in [1.165, 1.54) is 23.9 Å². The fourth-order valence-electron chi connectivity index (χ4n) is 12.7. The molecule has 4 aliphatic rings. The Bertz CT molecular complexity index is 2290. The van der Waals surface area contributed by atoms with Crippen LogP contribution in [0.5, 0.6) is 0 Å². The van der Waals surface area contributed by atoms with Crippen LogP contribution in [-0.4, -0.2) is 192 Å². The standard InChI is InChI=1S/C55H93FN6O13S/c1-16-44-53(8,9)48(64)35(6)61(13)29-31(2)26-54(10,67)50(33(4)45(34(5)51(66)74-44)43-27-55(11,71-15)49(65)36(7)73-43)75-52-46(63)41(25-32(3)72-52)60(12)24-23-39-30-62(59-57-39)42(28-56)47(70-14)37-17-21-40(22-18-37)76(68,69)58-38-19-20-38/h17-18,21-22,30-36,38,41-50,52,58,63-65,67H,16,19-20,23-29H2,1-15H3/t31-,32-,33+,34-,35-,36+,41+,42-,43-,44-,45?,46-,47-,48-,49+,50-,52+,54-,55-/m1/s1. The number of alkyl halides is 1. The largest absolute Gasteiger partial charge is 0.461 e. The van der Waals surface area contributed by atoms with Crippen molar-refractivity contribution in [3.8, 4) is 0 Å². The molecule has 6 rings (SSSR count). The maximum absolute atomic E-state index is 14.9. The van der Waals surface area contributed by atoms with Gasteiger partial charge in [0.25, 0.3) is 0 Å². The first-order valence-corrected chi connectivity index (χ1v) is 29.0. The minimum Gasteiger partial charge on any atom is -0.461 e. The number of carbonyl (C=O) groups excluding carboxylic acids is 1. The summed E-state index contributed by atoms with van der Waals surface area (Å²) in [7, 11) is 3.15. The van der Waals surface area contributed by atoms with E-state index in [0.29, 0.717) is 43.6 Å². The number of ether oxygens (including phenoxy) is 6. The third-order valence-electron chi connectivity index (χ3n) is 17.6. The lowest BCUT2D eigenvalue weighted by molar-refractivity contribution is -0.302. The molecule has 4 heterocycles. The van der Waals surface area contributed by atoms with Gasteiger partial charge in [-0.2, -0.15) is 0 Å². The summed E-state index contributed by atoms with van der Waals surface area (Å²) in [6, 6.07) is 4.44. The highest BCUT2D eigenvalue weighted by atomic mass is 32.2. The molecular formula is C55H93FN6O13S. The topological polar surface area (TPSA) is 237 Å². The predicted molar refractivity (Wildman–Crippen MR) is 283 cm³/mol. The van der Waals surface area contributed by atoms with E-state index in [1.807, 2.05) is 74.4 Å². The van der Waals surface area contributed by atoms with E-state index in [-0.39, 0.29) is 35.7 Å². The van der Waals surface area contributed by atoms with Gasteiger partial charge in [-0.1, -0.05) is 58.9 Å². The summed E-state index contributed by atoms with van der Waals surface area (Å²) >= 11 is 0. The Balaban J connectivity index is 1.26. The number of cyclic esters (lactones) is 1. The van der Waals surface area contributed by atoms with Gasteiger partial charge in [-0.15, -0.1) is 5.10 Å². The zero-order valence-electron chi connectivity index (χ0n) is 47.8. The molecule has 0 radical (unpaired) electrons. The van der Waals surface area contributed by atoms with Crippen LogP contribution < -0.4 is 4.72 Å². The Morgan fingerprint density at radius 3 is 2.24 bits per heavy atom. The van der Waals surface area contributed by atoms with Crippen molar-refractivity contribution in [3.63, 3.8) is 0 Å². The molecule has 4 fully saturated rings. The summed E-state index contributed by atoms with van der Waals surface area (Å²) in [5.74, 6) is -2.84. The van der Waals surface area contributed by atoms with E-state index in [2.05, 4.69) is 19.9 Å². The maximum atomic E-state index is 14.9. The molecule has 19 atom stereocenters. The van der Waals surface area contributed by atoms with Gasteiger partial charge in [0.15, 0.2) is 6.29 Å². The molecule has 1 aromatic heterocycles. The van der Waals surface area contributed by atoms with Crippen LogP contribution >= 0.6 is 0 Å². The SMILES string of the molecule is CC[C@H]1OC(=O)[C@H](C)C([C@H]2C[C@@](C)(OC)[C@@H](O)[C@H](C)O2)[C@H](C)[C@@H](O[C@@H]2O[C@H](C)C[C@H](N(C)CCc3cn([C@H](CF)[C@H](OC)c4ccc(S(=O)(=O)NC5CC5)cc4)nn3)[C@H]2O)[C@](C)(O)C[C@@H](C)CN(C)[C@H](C)[C@@H](O)C1(C)C. The van der Waals surface area contributed by atoms with Crippen molar-refractivity contribution >= 4 is 16.0 Å². The van der Waals surface area contributed by atoms with Crippen LogP contribution in [0.2, 0.25) is 0 Å². The quantitative estimate of drug-likeness (QED) is 0.131. The molecule has 1 unspecified atom stereocenters. The second-order valence-corrected chi connectivity index (χ2v) is 25.9. The molecule has 5 N–H and O–H groups in total. The fraction of sp³-hybridized carbons (Fsp3) is 0.836. The number of likely N-dealkylation sites (N-methyl/N-ethyl adjacent to an activating group) is 2. The van der Waals surface area contributed by atoms with Gasteiger partial charge in [0.1, 0.15) is 37.1 Å². The zero-order chi connectivity index (χ0) is 56.4. The number of carbonyl (C=O) groups is 1. The minimum absolute atomic E-state index is 0.0442. The van der Waals surface area contributed by atoms with Gasteiger partial charge in [-0.3, -0.25) is 4.79 Å². The normalized spacial score (nSPS) is 38.5. The minimum atomic E-state index is -3.68. The highest BCUT2D eigenvalue weighted by molar-refractivity contribution is 7.89. The first-order valence-electron chi connectivity index (χ1n) is 27.5. The molecule has 3 saturated heterocycles. The molecule has 3 aliphatic heterocycles. The molecule has 21 heteroatoms. The summed E-state index contributed by atoms with van der Waals surface area (Å²) in [5, 5.41) is 57.3. The van der Waals surface area contributed by atoms with E-state index in [0.717, 1.165) is 12.8 Å². The zero-order valence-corrected chi connectivity index (χ0v) is 48.7. The van der Waals surface area contributed by atoms with Gasteiger partial charge < -0.3 is 58.6 Å². The van der Waals surface area contributed by atoms with Crippen LogP contribution in [0.3, 0.4) is 0 Å². The number of sulfonamides is 1. The summed E-state index contributed by atoms with van der Waals surface area (Å²) in [4.78, 5) is 19.0. The van der Waals surface area contributed by atoms with Gasteiger partial charge in [0.05, 0.1) is 58.2 Å². The monoisotopic (exact) mass is 1100 g/mol. The van der Waals surface area contributed by atoms with E-state index in [1.54, 1.807) is 46.2 Å². The number of rotatable bonds is 17. The molecule has 19 nitrogen and oxygen atoms in total. The van der Waals surface area contributed by atoms with Crippen LogP contribution in [0.15, 0.2) is 35.4 Å². The van der Waals surface area contributed by atoms with E-state index in [4.69, 9.17) is 28.4 Å². The maximum Gasteiger partial charge on any atom is 0.309 e. The highest BCUT2D eigenvalue weighted by Crippen LogP contribution is 2.45. The van der Waals surface area contributed by atoms with Crippen LogP contribution in [0.4, 0.5) is 4.39 Å². The van der Waals surface area contributed by atoms with Crippen LogP contribution in [0.25, 0.3) is 0 Å². The first-order chi connectivity index (χ1) is 35.5. The smallest absolute Gasteiger partial charge is 0.309 e. The Hall–Kier alpha value is -2.77. The average Bonchev–Trinajstić information content (AvgIpc) is 4.05. The number of hydrogen-bond donors (Lipinski definition) is 5. The number of nitrogens with one attached hydrogen (secondary N) is 1. The number of aliphatic hydroxyl groups excluding tert-OH is 3. The van der Waals surface area contributed by atoms with Crippen molar-refractivity contribution in [3.05, 3.63) is 41.7 Å². The third kappa shape index (κ3) is 14.0. The average molecular weight is 1100 g/mol. The molecule has 434 valence electrons. The van der Waals surface area contributed by atoms with Gasteiger partial charge in [0, 0.05) is 75.8 Å². The fourth-order valence-corrected chi connectivity index (χ4v) is 14.0. The number of nitrogens with zero attached hydrogens (tertiary/aromatic N) is 5. The molecule has 0 spiro atoms. The van der Waals surface area contributed by atoms with Crippen molar-refractivity contribution in [1.29, 1.82) is 0 Å². The molecule has 0 bridgehead atoms. The lowest BCUT2D eigenvalue weighted by atomic mass is 9.68. The number of methoxy groups -OCH3 is 2. The second kappa shape index (κ2) is 25.4. The molecule has 1 aliphatic carbocycles. The predicted octanol–water partition coefficient (Wildman–Crippen LogP) is 4.99. The van der Waals surface area contributed by atoms with Crippen molar-refractivity contribution in [1.82, 2.24) is 29.5 Å². The van der Waals surface area contributed by atoms with Crippen molar-refractivity contribution in [2.24, 2.45) is 29.1 Å². The number of hydrogen-bond acceptors (Lipinski definition) is 17.